The van der Waals surface area contributed by atoms with Gasteiger partial charge in [-0.25, -0.2) is 0 Å². The monoisotopic (exact) mass is 253 g/mol. The molecule has 98 valence electrons. The predicted octanol–water partition coefficient (Wildman–Crippen LogP) is 3.67. The minimum Gasteiger partial charge on any atom is -0.316 e. The van der Waals surface area contributed by atoms with E-state index in [4.69, 9.17) is 0 Å². The molecule has 0 atom stereocenters. The second-order valence-corrected chi connectivity index (χ2v) is 4.54. The Morgan fingerprint density at radius 1 is 1.05 bits per heavy atom. The van der Waals surface area contributed by atoms with Crippen LogP contribution < -0.4 is 5.32 Å². The Labute approximate surface area is 114 Å². The van der Waals surface area contributed by atoms with E-state index in [1.807, 2.05) is 50.4 Å². The first-order chi connectivity index (χ1) is 9.26. The van der Waals surface area contributed by atoms with E-state index in [9.17, 15) is 4.79 Å². The SMILES string of the molecule is CCC(=O)c1ccc(-c2ccccc2CNC)cc1. The highest BCUT2D eigenvalue weighted by atomic mass is 16.1. The average molecular weight is 253 g/mol. The largest absolute Gasteiger partial charge is 0.316 e. The maximum absolute atomic E-state index is 11.6. The molecule has 0 heterocycles. The van der Waals surface area contributed by atoms with E-state index in [1.54, 1.807) is 0 Å². The number of rotatable bonds is 5. The van der Waals surface area contributed by atoms with Crippen LogP contribution in [0.25, 0.3) is 11.1 Å². The highest BCUT2D eigenvalue weighted by molar-refractivity contribution is 5.96. The first-order valence-corrected chi connectivity index (χ1v) is 6.62. The van der Waals surface area contributed by atoms with Gasteiger partial charge in [-0.1, -0.05) is 55.5 Å². The lowest BCUT2D eigenvalue weighted by Crippen LogP contribution is -2.06. The van der Waals surface area contributed by atoms with Crippen molar-refractivity contribution in [3.63, 3.8) is 0 Å². The van der Waals surface area contributed by atoms with Crippen LogP contribution in [0.15, 0.2) is 48.5 Å². The summed E-state index contributed by atoms with van der Waals surface area (Å²) in [6.45, 7) is 2.73. The zero-order valence-corrected chi connectivity index (χ0v) is 11.4. The van der Waals surface area contributed by atoms with Gasteiger partial charge in [0.15, 0.2) is 5.78 Å². The summed E-state index contributed by atoms with van der Waals surface area (Å²) in [6.07, 6.45) is 0.551. The van der Waals surface area contributed by atoms with E-state index in [2.05, 4.69) is 17.4 Å². The zero-order chi connectivity index (χ0) is 13.7. The minimum absolute atomic E-state index is 0.190. The van der Waals surface area contributed by atoms with E-state index in [1.165, 1.54) is 11.1 Å². The topological polar surface area (TPSA) is 29.1 Å². The molecule has 2 heteroatoms. The fourth-order valence-corrected chi connectivity index (χ4v) is 2.19. The molecule has 0 aromatic heterocycles. The van der Waals surface area contributed by atoms with Gasteiger partial charge in [-0.15, -0.1) is 0 Å². The molecule has 19 heavy (non-hydrogen) atoms. The number of hydrogen-bond donors (Lipinski definition) is 1. The van der Waals surface area contributed by atoms with E-state index >= 15 is 0 Å². The maximum Gasteiger partial charge on any atom is 0.162 e. The molecule has 0 fully saturated rings. The maximum atomic E-state index is 11.6. The molecule has 0 bridgehead atoms. The van der Waals surface area contributed by atoms with Crippen molar-refractivity contribution in [3.05, 3.63) is 59.7 Å². The Bertz CT molecular complexity index is 558. The van der Waals surface area contributed by atoms with Gasteiger partial charge in [0.2, 0.25) is 0 Å². The van der Waals surface area contributed by atoms with Crippen LogP contribution in [0.5, 0.6) is 0 Å². The van der Waals surface area contributed by atoms with E-state index in [-0.39, 0.29) is 5.78 Å². The highest BCUT2D eigenvalue weighted by Gasteiger charge is 2.06. The van der Waals surface area contributed by atoms with Crippen molar-refractivity contribution in [2.24, 2.45) is 0 Å². The molecule has 0 aliphatic rings. The molecule has 0 spiro atoms. The molecular formula is C17H19NO. The lowest BCUT2D eigenvalue weighted by atomic mass is 9.97. The summed E-state index contributed by atoms with van der Waals surface area (Å²) in [5.41, 5.74) is 4.42. The lowest BCUT2D eigenvalue weighted by Gasteiger charge is -2.09. The van der Waals surface area contributed by atoms with Crippen LogP contribution in [0.2, 0.25) is 0 Å². The molecule has 0 aliphatic heterocycles. The summed E-state index contributed by atoms with van der Waals surface area (Å²) in [4.78, 5) is 11.6. The third-order valence-corrected chi connectivity index (χ3v) is 3.22. The number of ketones is 1. The van der Waals surface area contributed by atoms with Crippen molar-refractivity contribution >= 4 is 5.78 Å². The Morgan fingerprint density at radius 3 is 2.37 bits per heavy atom. The molecule has 1 N–H and O–H groups in total. The van der Waals surface area contributed by atoms with Crippen molar-refractivity contribution < 1.29 is 4.79 Å². The van der Waals surface area contributed by atoms with Crippen LogP contribution in [-0.2, 0) is 6.54 Å². The van der Waals surface area contributed by atoms with Gasteiger partial charge in [0.05, 0.1) is 0 Å². The van der Waals surface area contributed by atoms with Gasteiger partial charge >= 0.3 is 0 Å². The summed E-state index contributed by atoms with van der Waals surface area (Å²) in [6, 6.07) is 16.2. The smallest absolute Gasteiger partial charge is 0.162 e. The third-order valence-electron chi connectivity index (χ3n) is 3.22. The van der Waals surface area contributed by atoms with Gasteiger partial charge in [-0.2, -0.15) is 0 Å². The Balaban J connectivity index is 2.34. The highest BCUT2D eigenvalue weighted by Crippen LogP contribution is 2.24. The van der Waals surface area contributed by atoms with Gasteiger partial charge in [0.25, 0.3) is 0 Å². The number of carbonyl (C=O) groups is 1. The second-order valence-electron chi connectivity index (χ2n) is 4.54. The fourth-order valence-electron chi connectivity index (χ4n) is 2.19. The van der Waals surface area contributed by atoms with E-state index < -0.39 is 0 Å². The predicted molar refractivity (Wildman–Crippen MR) is 79.3 cm³/mol. The van der Waals surface area contributed by atoms with Crippen molar-refractivity contribution in [1.82, 2.24) is 5.32 Å². The third kappa shape index (κ3) is 3.09. The summed E-state index contributed by atoms with van der Waals surface area (Å²) < 4.78 is 0. The van der Waals surface area contributed by atoms with Crippen LogP contribution in [0.4, 0.5) is 0 Å². The summed E-state index contributed by atoms with van der Waals surface area (Å²) in [5.74, 6) is 0.190. The molecule has 0 saturated heterocycles. The number of carbonyl (C=O) groups excluding carboxylic acids is 1. The molecule has 2 nitrogen and oxygen atoms in total. The van der Waals surface area contributed by atoms with Crippen LogP contribution in [0.3, 0.4) is 0 Å². The van der Waals surface area contributed by atoms with Crippen molar-refractivity contribution in [2.75, 3.05) is 7.05 Å². The molecular weight excluding hydrogens is 234 g/mol. The van der Waals surface area contributed by atoms with Crippen LogP contribution in [0, 0.1) is 0 Å². The average Bonchev–Trinajstić information content (AvgIpc) is 2.47. The molecule has 2 rings (SSSR count). The Kier molecular flexibility index (Phi) is 4.48. The first-order valence-electron chi connectivity index (χ1n) is 6.62. The van der Waals surface area contributed by atoms with Crippen molar-refractivity contribution in [3.8, 4) is 11.1 Å². The summed E-state index contributed by atoms with van der Waals surface area (Å²) >= 11 is 0. The van der Waals surface area contributed by atoms with Crippen molar-refractivity contribution in [2.45, 2.75) is 19.9 Å². The van der Waals surface area contributed by atoms with Crippen LogP contribution >= 0.6 is 0 Å². The van der Waals surface area contributed by atoms with Crippen LogP contribution in [-0.4, -0.2) is 12.8 Å². The normalized spacial score (nSPS) is 10.4. The molecule has 0 amide bonds. The molecule has 0 unspecified atom stereocenters. The molecule has 0 saturated carbocycles. The summed E-state index contributed by atoms with van der Waals surface area (Å²) in [7, 11) is 1.94. The molecule has 0 radical (unpaired) electrons. The van der Waals surface area contributed by atoms with Gasteiger partial charge in [-0.05, 0) is 23.7 Å². The number of Topliss-reactive ketones (excluding diaryl/α,β-unsaturated/α-hetero) is 1. The van der Waals surface area contributed by atoms with Gasteiger partial charge in [0, 0.05) is 18.5 Å². The number of nitrogens with one attached hydrogen (secondary N) is 1. The van der Waals surface area contributed by atoms with Gasteiger partial charge in [-0.3, -0.25) is 4.79 Å². The Morgan fingerprint density at radius 2 is 1.74 bits per heavy atom. The summed E-state index contributed by atoms with van der Waals surface area (Å²) in [5, 5.41) is 3.18. The fraction of sp³-hybridized carbons (Fsp3) is 0.235. The van der Waals surface area contributed by atoms with Gasteiger partial charge < -0.3 is 5.32 Å². The van der Waals surface area contributed by atoms with Crippen molar-refractivity contribution in [1.29, 1.82) is 0 Å². The van der Waals surface area contributed by atoms with Crippen LogP contribution in [0.1, 0.15) is 29.3 Å². The van der Waals surface area contributed by atoms with E-state index in [0.29, 0.717) is 6.42 Å². The lowest BCUT2D eigenvalue weighted by molar-refractivity contribution is 0.0988. The van der Waals surface area contributed by atoms with Gasteiger partial charge in [0.1, 0.15) is 0 Å². The number of benzene rings is 2. The standard InChI is InChI=1S/C17H19NO/c1-3-17(19)14-10-8-13(9-11-14)16-7-5-4-6-15(16)12-18-2/h4-11,18H,3,12H2,1-2H3. The molecule has 2 aromatic rings. The Hall–Kier alpha value is -1.93. The molecule has 2 aromatic carbocycles. The minimum atomic E-state index is 0.190. The quantitative estimate of drug-likeness (QED) is 0.824. The zero-order valence-electron chi connectivity index (χ0n) is 11.4. The second kappa shape index (κ2) is 6.30. The number of hydrogen-bond acceptors (Lipinski definition) is 2. The van der Waals surface area contributed by atoms with E-state index in [0.717, 1.165) is 17.7 Å². The first kappa shape index (κ1) is 13.5. The molecule has 0 aliphatic carbocycles.